The van der Waals surface area contributed by atoms with Crippen LogP contribution in [-0.4, -0.2) is 58.3 Å². The Morgan fingerprint density at radius 1 is 0.600 bits per heavy atom. The Bertz CT molecular complexity index is 2710. The van der Waals surface area contributed by atoms with E-state index in [4.69, 9.17) is 34.6 Å². The maximum absolute atomic E-state index is 6.23. The fraction of sp³-hybridized carbons (Fsp3) is 0.0513. The molecule has 0 radical (unpaired) electrons. The van der Waals surface area contributed by atoms with Gasteiger partial charge < -0.3 is 0 Å². The molecule has 50 heavy (non-hydrogen) atoms. The number of aromatic amines is 2. The van der Waals surface area contributed by atoms with Gasteiger partial charge in [0.15, 0.2) is 0 Å². The molecular weight excluding hydrogens is 676 g/mol. The average molecular weight is 703 g/mol. The fourth-order valence-electron chi connectivity index (χ4n) is 6.20. The van der Waals surface area contributed by atoms with Gasteiger partial charge in [0.25, 0.3) is 0 Å². The zero-order valence-corrected chi connectivity index (χ0v) is 30.2. The first-order chi connectivity index (χ1) is 24.5. The molecule has 4 aromatic carbocycles. The van der Waals surface area contributed by atoms with Crippen LogP contribution in [0.15, 0.2) is 109 Å². The fourth-order valence-corrected chi connectivity index (χ4v) is 6.79. The van der Waals surface area contributed by atoms with Crippen molar-refractivity contribution in [1.82, 2.24) is 39.9 Å². The molecule has 2 N–H and O–H groups in total. The molecule has 0 amide bonds. The van der Waals surface area contributed by atoms with Crippen LogP contribution in [0.3, 0.4) is 0 Å². The van der Waals surface area contributed by atoms with Gasteiger partial charge in [0.05, 0.1) is 0 Å². The molecule has 0 atom stereocenters. The third-order valence-electron chi connectivity index (χ3n) is 8.64. The van der Waals surface area contributed by atoms with E-state index in [0.717, 1.165) is 72.2 Å². The van der Waals surface area contributed by atoms with Gasteiger partial charge in [0, 0.05) is 5.39 Å². The van der Waals surface area contributed by atoms with Gasteiger partial charge in [-0.1, -0.05) is 24.3 Å². The van der Waals surface area contributed by atoms with Crippen molar-refractivity contribution in [3.05, 3.63) is 115 Å². The summed E-state index contributed by atoms with van der Waals surface area (Å²) in [7, 11) is 4.03. The van der Waals surface area contributed by atoms with Gasteiger partial charge in [-0.3, -0.25) is 0 Å². The second kappa shape index (κ2) is 12.1. The molecule has 5 heterocycles. The quantitative estimate of drug-likeness (QED) is 0.176. The van der Waals surface area contributed by atoms with E-state index in [-0.39, 0.29) is 0 Å². The Labute approximate surface area is 295 Å². The molecule has 0 unspecified atom stereocenters. The summed E-state index contributed by atoms with van der Waals surface area (Å²) in [6, 6.07) is 34.1. The number of aromatic nitrogens is 8. The Hall–Kier alpha value is -6.19. The Morgan fingerprint density at radius 3 is 1.72 bits per heavy atom. The van der Waals surface area contributed by atoms with Crippen LogP contribution >= 0.6 is 0 Å². The van der Waals surface area contributed by atoms with E-state index in [0.29, 0.717) is 45.9 Å². The molecule has 0 saturated carbocycles. The molecule has 9 rings (SSSR count). The molecule has 2 aliphatic rings. The molecule has 8 bridgehead atoms. The van der Waals surface area contributed by atoms with E-state index in [1.807, 2.05) is 123 Å². The van der Waals surface area contributed by atoms with Crippen LogP contribution in [0.1, 0.15) is 5.56 Å². The number of ether oxygens (including phenoxy) is 1. The van der Waals surface area contributed by atoms with Crippen molar-refractivity contribution in [2.24, 2.45) is 0 Å². The van der Waals surface area contributed by atoms with E-state index in [1.54, 1.807) is 0 Å². The van der Waals surface area contributed by atoms with Gasteiger partial charge in [-0.15, -0.1) is 0 Å². The molecule has 7 aromatic rings. The van der Waals surface area contributed by atoms with Crippen molar-refractivity contribution in [3.8, 4) is 51.3 Å². The molecule has 236 valence electrons. The topological polar surface area (TPSA) is 121 Å². The van der Waals surface area contributed by atoms with E-state index in [9.17, 15) is 0 Å². The maximum atomic E-state index is 6.23. The molecule has 0 spiro atoms. The summed E-state index contributed by atoms with van der Waals surface area (Å²) in [5, 5.41) is 1.88. The molecule has 3 aromatic heterocycles. The molecule has 11 heteroatoms. The summed E-state index contributed by atoms with van der Waals surface area (Å²) < 4.78 is 7.08. The molecule has 0 aliphatic carbocycles. The second-order valence-corrected chi connectivity index (χ2v) is 13.6. The monoisotopic (exact) mass is 701 g/mol. The number of fused-ring (bicyclic) bond motifs is 17. The third-order valence-corrected chi connectivity index (χ3v) is 9.44. The Kier molecular flexibility index (Phi) is 7.21. The zero-order valence-electron chi connectivity index (χ0n) is 27.2. The van der Waals surface area contributed by atoms with Crippen molar-refractivity contribution in [2.75, 3.05) is 19.0 Å². The zero-order chi connectivity index (χ0) is 33.8. The third kappa shape index (κ3) is 5.38. The first-order valence-corrected chi connectivity index (χ1v) is 17.6. The van der Waals surface area contributed by atoms with Crippen molar-refractivity contribution in [3.63, 3.8) is 0 Å². The van der Waals surface area contributed by atoms with E-state index >= 15 is 0 Å². The number of nitrogens with one attached hydrogen (secondary N) is 2. The number of anilines is 1. The van der Waals surface area contributed by atoms with Gasteiger partial charge in [0.1, 0.15) is 0 Å². The van der Waals surface area contributed by atoms with Crippen molar-refractivity contribution in [1.29, 1.82) is 0 Å². The summed E-state index contributed by atoms with van der Waals surface area (Å²) in [6.45, 7) is 0. The van der Waals surface area contributed by atoms with Crippen molar-refractivity contribution in [2.45, 2.75) is 0 Å². The first-order valence-electron chi connectivity index (χ1n) is 16.1. The molecule has 0 saturated heterocycles. The number of hydrogen-bond acceptors (Lipinski definition) is 8. The molecule has 10 nitrogen and oxygen atoms in total. The Morgan fingerprint density at radius 2 is 1.14 bits per heavy atom. The van der Waals surface area contributed by atoms with Crippen LogP contribution in [-0.2, 0) is 17.9 Å². The van der Waals surface area contributed by atoms with Gasteiger partial charge in [-0.2, -0.15) is 0 Å². The Balaban J connectivity index is 1.27. The van der Waals surface area contributed by atoms with Gasteiger partial charge >= 0.3 is 267 Å². The number of rotatable bonds is 5. The molecule has 0 fully saturated rings. The predicted octanol–water partition coefficient (Wildman–Crippen LogP) is 7.55. The minimum absolute atomic E-state index is 0.556. The number of nitrogens with zero attached hydrogens (tertiary/aromatic N) is 7. The van der Waals surface area contributed by atoms with E-state index in [1.165, 1.54) is 0 Å². The van der Waals surface area contributed by atoms with Gasteiger partial charge in [0.2, 0.25) is 0 Å². The first kappa shape index (κ1) is 29.9. The van der Waals surface area contributed by atoms with E-state index in [2.05, 4.69) is 20.9 Å². The van der Waals surface area contributed by atoms with Crippen LogP contribution < -0.4 is 9.64 Å². The SMILES string of the molecule is CN(C)c1cccc(O[C](=[Zn])/C=C\c2cc3nc4nc(nc5[nH]c(nc6nc(nc2[nH]3)-c2ccccc2-6)c2ccccc52)-c2ccccc2-4)c1. The normalized spacial score (nSPS) is 11.8. The summed E-state index contributed by atoms with van der Waals surface area (Å²) in [5.41, 5.74) is 8.05. The predicted molar refractivity (Wildman–Crippen MR) is 194 cm³/mol. The number of benzene rings is 4. The van der Waals surface area contributed by atoms with Gasteiger partial charge in [-0.05, 0) is 0 Å². The summed E-state index contributed by atoms with van der Waals surface area (Å²) in [4.78, 5) is 39.0. The minimum atomic E-state index is 0.556. The standard InChI is InChI=1S/C39H27N9O.Zn/c1-48(2)24-12-9-13-25(22-24)49-20-10-11-23-21-32-40-33(23)42-35-28-16-5-6-17-29(28)37(44-35)46-39-31-19-8-7-18-30(31)38(47-39)45-36-27-15-4-3-14-26(27)34(41-32)43-36;/h3-19,21-22H,1-2H3,(H2,40,41,42,43,44,45,46,47);/b11-10-;. The summed E-state index contributed by atoms with van der Waals surface area (Å²) in [6.07, 6.45) is 3.98. The number of H-pyrrole nitrogens is 2. The van der Waals surface area contributed by atoms with Crippen molar-refractivity contribution < 1.29 is 22.6 Å². The van der Waals surface area contributed by atoms with Crippen LogP contribution in [0.25, 0.3) is 85.0 Å². The van der Waals surface area contributed by atoms with Crippen LogP contribution in [0, 0.1) is 0 Å². The van der Waals surface area contributed by atoms with Crippen molar-refractivity contribution >= 4 is 49.4 Å². The number of hydrogen-bond donors (Lipinski definition) is 2. The van der Waals surface area contributed by atoms with Crippen LogP contribution in [0.2, 0.25) is 0 Å². The van der Waals surface area contributed by atoms with E-state index < -0.39 is 0 Å². The van der Waals surface area contributed by atoms with Gasteiger partial charge in [-0.25, -0.2) is 0 Å². The summed E-state index contributed by atoms with van der Waals surface area (Å²) in [5.74, 6) is 3.05. The summed E-state index contributed by atoms with van der Waals surface area (Å²) >= 11 is 0.821. The van der Waals surface area contributed by atoms with Crippen LogP contribution in [0.4, 0.5) is 5.69 Å². The average Bonchev–Trinajstić information content (AvgIpc) is 3.88. The van der Waals surface area contributed by atoms with Crippen LogP contribution in [0.5, 0.6) is 5.75 Å². The molecular formula is C39H27N9OZn. The molecule has 2 aliphatic heterocycles. The second-order valence-electron chi connectivity index (χ2n) is 12.2.